The van der Waals surface area contributed by atoms with Crippen molar-refractivity contribution in [1.29, 1.82) is 0 Å². The van der Waals surface area contributed by atoms with Gasteiger partial charge in [-0.2, -0.15) is 0 Å². The molecular formula is C35H43Br4N3O11. The van der Waals surface area contributed by atoms with Gasteiger partial charge in [-0.05, 0) is 116 Å². The molecule has 18 heteroatoms. The van der Waals surface area contributed by atoms with Crippen LogP contribution in [0.4, 0.5) is 0 Å². The zero-order valence-electron chi connectivity index (χ0n) is 30.3. The van der Waals surface area contributed by atoms with Gasteiger partial charge >= 0.3 is 23.9 Å². The van der Waals surface area contributed by atoms with E-state index in [2.05, 4.69) is 73.7 Å². The summed E-state index contributed by atoms with van der Waals surface area (Å²) in [6.07, 6.45) is -0.259. The third kappa shape index (κ3) is 18.5. The van der Waals surface area contributed by atoms with E-state index in [0.717, 1.165) is 0 Å². The minimum absolute atomic E-state index is 0.0182. The molecule has 0 aliphatic carbocycles. The Morgan fingerprint density at radius 3 is 1.45 bits per heavy atom. The van der Waals surface area contributed by atoms with Crippen LogP contribution in [-0.2, 0) is 33.3 Å². The number of nitrogens with zero attached hydrogens (tertiary/aromatic N) is 3. The summed E-state index contributed by atoms with van der Waals surface area (Å²) >= 11 is 13.5. The molecule has 0 bridgehead atoms. The van der Waals surface area contributed by atoms with Crippen LogP contribution in [0.1, 0.15) is 81.5 Å². The Balaban J connectivity index is 2.19. The van der Waals surface area contributed by atoms with E-state index in [-0.39, 0.29) is 68.3 Å². The van der Waals surface area contributed by atoms with Crippen LogP contribution >= 0.6 is 63.7 Å². The molecule has 0 aliphatic rings. The zero-order chi connectivity index (χ0) is 39.8. The summed E-state index contributed by atoms with van der Waals surface area (Å²) in [6, 6.07) is 6.21. The van der Waals surface area contributed by atoms with Crippen LogP contribution in [0.3, 0.4) is 0 Å². The second-order valence-electron chi connectivity index (χ2n) is 13.3. The maximum absolute atomic E-state index is 13.4. The molecule has 53 heavy (non-hydrogen) atoms. The summed E-state index contributed by atoms with van der Waals surface area (Å²) in [5, 5.41) is 3.38. The molecule has 2 aromatic rings. The van der Waals surface area contributed by atoms with Crippen LogP contribution in [0.25, 0.3) is 10.4 Å². The largest absolute Gasteiger partial charge is 0.456 e. The lowest BCUT2D eigenvalue weighted by Gasteiger charge is -2.22. The molecular weight excluding hydrogens is 958 g/mol. The SMILES string of the molecule is CC(C)(C)OC(=O)c1cc(Br)cc(Br)c1OC(=O)CC(CCOCCOCCOCCN=[N+]=[N-])CC(=O)Oc1c(Br)cc(Br)cc1C(=O)OC(C)(C)C. The van der Waals surface area contributed by atoms with Gasteiger partial charge in [0.05, 0.1) is 42.0 Å². The molecule has 292 valence electrons. The topological polar surface area (TPSA) is 182 Å². The van der Waals surface area contributed by atoms with E-state index in [0.29, 0.717) is 37.7 Å². The molecule has 2 rings (SSSR count). The first kappa shape index (κ1) is 46.6. The van der Waals surface area contributed by atoms with Crippen molar-refractivity contribution in [3.8, 4) is 11.5 Å². The highest BCUT2D eigenvalue weighted by Crippen LogP contribution is 2.36. The van der Waals surface area contributed by atoms with Gasteiger partial charge in [-0.15, -0.1) is 0 Å². The molecule has 0 aromatic heterocycles. The highest BCUT2D eigenvalue weighted by molar-refractivity contribution is 9.11. The number of ether oxygens (including phenoxy) is 7. The molecule has 0 aliphatic heterocycles. The van der Waals surface area contributed by atoms with Crippen molar-refractivity contribution < 1.29 is 52.3 Å². The minimum Gasteiger partial charge on any atom is -0.456 e. The van der Waals surface area contributed by atoms with Gasteiger partial charge in [0.1, 0.15) is 22.3 Å². The van der Waals surface area contributed by atoms with Crippen molar-refractivity contribution in [3.63, 3.8) is 0 Å². The van der Waals surface area contributed by atoms with Crippen molar-refractivity contribution >= 4 is 87.6 Å². The van der Waals surface area contributed by atoms with Gasteiger partial charge < -0.3 is 33.2 Å². The van der Waals surface area contributed by atoms with Crippen molar-refractivity contribution in [3.05, 3.63) is 63.7 Å². The number of carbonyl (C=O) groups excluding carboxylic acids is 4. The van der Waals surface area contributed by atoms with E-state index < -0.39 is 41.0 Å². The first-order valence-electron chi connectivity index (χ1n) is 16.4. The van der Waals surface area contributed by atoms with E-state index >= 15 is 0 Å². The summed E-state index contributed by atoms with van der Waals surface area (Å²) in [4.78, 5) is 55.6. The third-order valence-electron chi connectivity index (χ3n) is 6.41. The summed E-state index contributed by atoms with van der Waals surface area (Å²) in [7, 11) is 0. The van der Waals surface area contributed by atoms with Crippen LogP contribution in [0.2, 0.25) is 0 Å². The predicted molar refractivity (Wildman–Crippen MR) is 209 cm³/mol. The lowest BCUT2D eigenvalue weighted by atomic mass is 9.98. The smallest absolute Gasteiger partial charge is 0.342 e. The average Bonchev–Trinajstić information content (AvgIpc) is 3.02. The number of halogens is 4. The number of azide groups is 1. The van der Waals surface area contributed by atoms with Gasteiger partial charge in [0.2, 0.25) is 0 Å². The Kier molecular flexibility index (Phi) is 20.0. The number of rotatable bonds is 20. The van der Waals surface area contributed by atoms with Crippen LogP contribution in [0.15, 0.2) is 47.3 Å². The monoisotopic (exact) mass is 997 g/mol. The van der Waals surface area contributed by atoms with E-state index in [1.54, 1.807) is 53.7 Å². The molecule has 0 amide bonds. The molecule has 14 nitrogen and oxygen atoms in total. The van der Waals surface area contributed by atoms with Crippen LogP contribution in [0, 0.1) is 5.92 Å². The van der Waals surface area contributed by atoms with Gasteiger partial charge in [0, 0.05) is 39.9 Å². The van der Waals surface area contributed by atoms with Crippen LogP contribution in [-0.4, -0.2) is 81.3 Å². The molecule has 2 aromatic carbocycles. The van der Waals surface area contributed by atoms with E-state index in [9.17, 15) is 19.2 Å². The Hall–Kier alpha value is -2.57. The van der Waals surface area contributed by atoms with Crippen molar-refractivity contribution in [2.45, 2.75) is 72.0 Å². The fourth-order valence-electron chi connectivity index (χ4n) is 4.30. The maximum atomic E-state index is 13.4. The summed E-state index contributed by atoms with van der Waals surface area (Å²) in [5.74, 6) is -3.55. The van der Waals surface area contributed by atoms with E-state index in [1.807, 2.05) is 0 Å². The molecule has 0 heterocycles. The Labute approximate surface area is 342 Å². The van der Waals surface area contributed by atoms with E-state index in [1.165, 1.54) is 12.1 Å². The highest BCUT2D eigenvalue weighted by atomic mass is 79.9. The molecule has 0 unspecified atom stereocenters. The third-order valence-corrected chi connectivity index (χ3v) is 8.50. The Bertz CT molecular complexity index is 1540. The number of esters is 4. The quantitative estimate of drug-likeness (QED) is 0.0308. The first-order valence-corrected chi connectivity index (χ1v) is 19.6. The Morgan fingerprint density at radius 2 is 1.06 bits per heavy atom. The minimum atomic E-state index is -0.807. The summed E-state index contributed by atoms with van der Waals surface area (Å²) in [6.45, 7) is 12.1. The molecule has 0 saturated heterocycles. The second-order valence-corrected chi connectivity index (χ2v) is 16.9. The van der Waals surface area contributed by atoms with Gasteiger partial charge in [-0.1, -0.05) is 37.0 Å². The fraction of sp³-hybridized carbons (Fsp3) is 0.543. The van der Waals surface area contributed by atoms with Crippen molar-refractivity contribution in [1.82, 2.24) is 0 Å². The molecule has 0 saturated carbocycles. The zero-order valence-corrected chi connectivity index (χ0v) is 36.6. The van der Waals surface area contributed by atoms with Crippen LogP contribution in [0.5, 0.6) is 11.5 Å². The Morgan fingerprint density at radius 1 is 0.660 bits per heavy atom. The number of carbonyl (C=O) groups is 4. The van der Waals surface area contributed by atoms with Gasteiger partial charge in [-0.3, -0.25) is 9.59 Å². The lowest BCUT2D eigenvalue weighted by molar-refractivity contribution is -0.138. The molecule has 0 fully saturated rings. The number of benzene rings is 2. The molecule has 0 N–H and O–H groups in total. The van der Waals surface area contributed by atoms with Gasteiger partial charge in [-0.25, -0.2) is 9.59 Å². The molecule has 0 radical (unpaired) electrons. The average molecular weight is 1000 g/mol. The normalized spacial score (nSPS) is 11.5. The summed E-state index contributed by atoms with van der Waals surface area (Å²) < 4.78 is 40.7. The maximum Gasteiger partial charge on any atom is 0.342 e. The molecule has 0 spiro atoms. The first-order chi connectivity index (χ1) is 24.8. The van der Waals surface area contributed by atoms with E-state index in [4.69, 9.17) is 38.7 Å². The highest BCUT2D eigenvalue weighted by Gasteiger charge is 2.29. The predicted octanol–water partition coefficient (Wildman–Crippen LogP) is 9.30. The second kappa shape index (κ2) is 22.7. The summed E-state index contributed by atoms with van der Waals surface area (Å²) in [5.41, 5.74) is 6.71. The van der Waals surface area contributed by atoms with Gasteiger partial charge in [0.15, 0.2) is 11.5 Å². The standard InChI is InChI=1S/C35H43Br4N3O11/c1-34(2,3)52-32(45)24-17-22(36)19-26(38)30(24)50-28(43)15-21(7-9-47-11-13-49-14-12-48-10-8-41-42-40)16-29(44)51-31-25(18-23(37)20-27(31)39)33(46)53-35(4,5)6/h17-21H,7-16H2,1-6H3. The van der Waals surface area contributed by atoms with Gasteiger partial charge in [0.25, 0.3) is 0 Å². The van der Waals surface area contributed by atoms with Crippen molar-refractivity contribution in [2.75, 3.05) is 46.2 Å². The van der Waals surface area contributed by atoms with Crippen molar-refractivity contribution in [2.24, 2.45) is 11.0 Å². The fourth-order valence-corrected chi connectivity index (χ4v) is 6.91. The van der Waals surface area contributed by atoms with Crippen LogP contribution < -0.4 is 9.47 Å². The number of hydrogen-bond acceptors (Lipinski definition) is 12. The molecule has 0 atom stereocenters. The number of hydrogen-bond donors (Lipinski definition) is 0. The lowest BCUT2D eigenvalue weighted by Crippen LogP contribution is -2.26.